The highest BCUT2D eigenvalue weighted by Gasteiger charge is 2.08. The first-order chi connectivity index (χ1) is 7.74. The molecule has 0 heterocycles. The van der Waals surface area contributed by atoms with E-state index in [1.54, 1.807) is 6.07 Å². The summed E-state index contributed by atoms with van der Waals surface area (Å²) in [5.74, 6) is 0.477. The van der Waals surface area contributed by atoms with Crippen molar-refractivity contribution in [2.24, 2.45) is 0 Å². The number of fused-ring (bicyclic) bond motifs is 1. The number of benzene rings is 2. The maximum atomic E-state index is 9.86. The van der Waals surface area contributed by atoms with Crippen molar-refractivity contribution in [3.63, 3.8) is 0 Å². The molecule has 0 aromatic heterocycles. The SMILES string of the molecule is CCCCc1cccc2c(O)ccc(O)c12. The first-order valence-electron chi connectivity index (χ1n) is 5.66. The van der Waals surface area contributed by atoms with Crippen molar-refractivity contribution in [1.82, 2.24) is 0 Å². The molecule has 0 saturated carbocycles. The Morgan fingerprint density at radius 3 is 2.50 bits per heavy atom. The number of phenolic OH excluding ortho intramolecular Hbond substituents is 2. The quantitative estimate of drug-likeness (QED) is 0.770. The molecule has 0 bridgehead atoms. The Morgan fingerprint density at radius 2 is 1.75 bits per heavy atom. The Hall–Kier alpha value is -1.70. The molecule has 0 spiro atoms. The summed E-state index contributed by atoms with van der Waals surface area (Å²) in [6, 6.07) is 8.85. The molecule has 0 aliphatic rings. The minimum atomic E-state index is 0.228. The maximum absolute atomic E-state index is 9.86. The number of rotatable bonds is 3. The monoisotopic (exact) mass is 216 g/mol. The average molecular weight is 216 g/mol. The normalized spacial score (nSPS) is 10.8. The lowest BCUT2D eigenvalue weighted by Gasteiger charge is -2.09. The van der Waals surface area contributed by atoms with E-state index in [9.17, 15) is 10.2 Å². The van der Waals surface area contributed by atoms with E-state index in [4.69, 9.17) is 0 Å². The number of unbranched alkanes of at least 4 members (excludes halogenated alkanes) is 1. The second kappa shape index (κ2) is 4.44. The van der Waals surface area contributed by atoms with E-state index in [2.05, 4.69) is 6.92 Å². The highest BCUT2D eigenvalue weighted by molar-refractivity contribution is 5.95. The Morgan fingerprint density at radius 1 is 1.00 bits per heavy atom. The summed E-state index contributed by atoms with van der Waals surface area (Å²) < 4.78 is 0. The van der Waals surface area contributed by atoms with Crippen LogP contribution in [-0.2, 0) is 6.42 Å². The van der Waals surface area contributed by atoms with E-state index in [-0.39, 0.29) is 11.5 Å². The van der Waals surface area contributed by atoms with Gasteiger partial charge in [0.1, 0.15) is 11.5 Å². The summed E-state index contributed by atoms with van der Waals surface area (Å²) in [4.78, 5) is 0. The van der Waals surface area contributed by atoms with Crippen molar-refractivity contribution in [2.75, 3.05) is 0 Å². The molecule has 16 heavy (non-hydrogen) atoms. The minimum absolute atomic E-state index is 0.228. The van der Waals surface area contributed by atoms with Crippen molar-refractivity contribution < 1.29 is 10.2 Å². The van der Waals surface area contributed by atoms with Crippen molar-refractivity contribution in [1.29, 1.82) is 0 Å². The largest absolute Gasteiger partial charge is 0.507 e. The maximum Gasteiger partial charge on any atom is 0.123 e. The topological polar surface area (TPSA) is 40.5 Å². The molecule has 2 rings (SSSR count). The van der Waals surface area contributed by atoms with Crippen LogP contribution in [0.15, 0.2) is 30.3 Å². The Labute approximate surface area is 95.2 Å². The van der Waals surface area contributed by atoms with Crippen LogP contribution >= 0.6 is 0 Å². The highest BCUT2D eigenvalue weighted by Crippen LogP contribution is 2.34. The summed E-state index contributed by atoms with van der Waals surface area (Å²) in [7, 11) is 0. The lowest BCUT2D eigenvalue weighted by Crippen LogP contribution is -1.88. The molecule has 0 amide bonds. The Kier molecular flexibility index (Phi) is 3.00. The minimum Gasteiger partial charge on any atom is -0.507 e. The number of hydrogen-bond donors (Lipinski definition) is 2. The van der Waals surface area contributed by atoms with Gasteiger partial charge in [-0.05, 0) is 30.5 Å². The molecule has 0 fully saturated rings. The first kappa shape index (κ1) is 10.8. The predicted molar refractivity (Wildman–Crippen MR) is 65.9 cm³/mol. The van der Waals surface area contributed by atoms with Gasteiger partial charge in [0, 0.05) is 10.8 Å². The van der Waals surface area contributed by atoms with E-state index in [0.29, 0.717) is 0 Å². The fourth-order valence-corrected chi connectivity index (χ4v) is 2.02. The van der Waals surface area contributed by atoms with Crippen LogP contribution in [0.25, 0.3) is 10.8 Å². The van der Waals surface area contributed by atoms with Gasteiger partial charge in [0.2, 0.25) is 0 Å². The number of aryl methyl sites for hydroxylation is 1. The predicted octanol–water partition coefficient (Wildman–Crippen LogP) is 3.59. The van der Waals surface area contributed by atoms with Crippen molar-refractivity contribution in [3.8, 4) is 11.5 Å². The molecule has 0 saturated heterocycles. The van der Waals surface area contributed by atoms with Gasteiger partial charge in [0.25, 0.3) is 0 Å². The fourth-order valence-electron chi connectivity index (χ4n) is 2.02. The van der Waals surface area contributed by atoms with E-state index in [0.717, 1.165) is 35.6 Å². The van der Waals surface area contributed by atoms with E-state index in [1.807, 2.05) is 18.2 Å². The van der Waals surface area contributed by atoms with Gasteiger partial charge in [-0.3, -0.25) is 0 Å². The summed E-state index contributed by atoms with van der Waals surface area (Å²) in [5.41, 5.74) is 1.10. The summed E-state index contributed by atoms with van der Waals surface area (Å²) in [5, 5.41) is 21.1. The van der Waals surface area contributed by atoms with Crippen LogP contribution in [0.5, 0.6) is 11.5 Å². The van der Waals surface area contributed by atoms with Gasteiger partial charge in [-0.25, -0.2) is 0 Å². The second-order valence-corrected chi connectivity index (χ2v) is 4.05. The highest BCUT2D eigenvalue weighted by atomic mass is 16.3. The van der Waals surface area contributed by atoms with Crippen LogP contribution in [0, 0.1) is 0 Å². The average Bonchev–Trinajstić information content (AvgIpc) is 2.31. The molecule has 2 nitrogen and oxygen atoms in total. The summed E-state index contributed by atoms with van der Waals surface area (Å²) in [6.45, 7) is 2.14. The van der Waals surface area contributed by atoms with E-state index < -0.39 is 0 Å². The van der Waals surface area contributed by atoms with Crippen molar-refractivity contribution in [3.05, 3.63) is 35.9 Å². The molecule has 2 N–H and O–H groups in total. The van der Waals surface area contributed by atoms with E-state index in [1.165, 1.54) is 6.07 Å². The molecule has 2 aromatic carbocycles. The van der Waals surface area contributed by atoms with Crippen LogP contribution in [0.3, 0.4) is 0 Å². The molecule has 2 aromatic rings. The Bertz CT molecular complexity index is 503. The number of phenols is 2. The zero-order valence-corrected chi connectivity index (χ0v) is 9.40. The van der Waals surface area contributed by atoms with Gasteiger partial charge in [-0.2, -0.15) is 0 Å². The molecule has 0 aliphatic carbocycles. The zero-order valence-electron chi connectivity index (χ0n) is 9.40. The van der Waals surface area contributed by atoms with Crippen LogP contribution in [0.1, 0.15) is 25.3 Å². The molecule has 2 heteroatoms. The van der Waals surface area contributed by atoms with Crippen molar-refractivity contribution in [2.45, 2.75) is 26.2 Å². The first-order valence-corrected chi connectivity index (χ1v) is 5.66. The van der Waals surface area contributed by atoms with Gasteiger partial charge in [-0.1, -0.05) is 31.5 Å². The number of hydrogen-bond acceptors (Lipinski definition) is 2. The number of aromatic hydroxyl groups is 2. The third-order valence-corrected chi connectivity index (χ3v) is 2.88. The molecule has 84 valence electrons. The smallest absolute Gasteiger partial charge is 0.123 e. The van der Waals surface area contributed by atoms with Gasteiger partial charge >= 0.3 is 0 Å². The van der Waals surface area contributed by atoms with Gasteiger partial charge in [0.05, 0.1) is 0 Å². The molecule has 0 radical (unpaired) electrons. The molecular formula is C14H16O2. The molecule has 0 atom stereocenters. The van der Waals surface area contributed by atoms with E-state index >= 15 is 0 Å². The standard InChI is InChI=1S/C14H16O2/c1-2-3-5-10-6-4-7-11-12(15)8-9-13(16)14(10)11/h4,6-9,15-16H,2-3,5H2,1H3. The second-order valence-electron chi connectivity index (χ2n) is 4.05. The van der Waals surface area contributed by atoms with Crippen LogP contribution in [0.4, 0.5) is 0 Å². The van der Waals surface area contributed by atoms with Crippen molar-refractivity contribution >= 4 is 10.8 Å². The van der Waals surface area contributed by atoms with Crippen LogP contribution in [0.2, 0.25) is 0 Å². The third-order valence-electron chi connectivity index (χ3n) is 2.88. The molecular weight excluding hydrogens is 200 g/mol. The fraction of sp³-hybridized carbons (Fsp3) is 0.286. The van der Waals surface area contributed by atoms with Gasteiger partial charge < -0.3 is 10.2 Å². The van der Waals surface area contributed by atoms with Gasteiger partial charge in [-0.15, -0.1) is 0 Å². The zero-order chi connectivity index (χ0) is 11.5. The Balaban J connectivity index is 2.61. The van der Waals surface area contributed by atoms with Crippen LogP contribution < -0.4 is 0 Å². The summed E-state index contributed by atoms with van der Waals surface area (Å²) in [6.07, 6.45) is 3.15. The third kappa shape index (κ3) is 1.83. The lowest BCUT2D eigenvalue weighted by molar-refractivity contribution is 0.469. The molecule has 0 aliphatic heterocycles. The van der Waals surface area contributed by atoms with Gasteiger partial charge in [0.15, 0.2) is 0 Å². The molecule has 0 unspecified atom stereocenters. The van der Waals surface area contributed by atoms with Crippen LogP contribution in [-0.4, -0.2) is 10.2 Å². The lowest BCUT2D eigenvalue weighted by atomic mass is 9.99. The summed E-state index contributed by atoms with van der Waals surface area (Å²) >= 11 is 0.